The number of halogens is 3. The Morgan fingerprint density at radius 3 is 2.43 bits per heavy atom. The van der Waals surface area contributed by atoms with Gasteiger partial charge in [0, 0.05) is 5.02 Å². The maximum atomic E-state index is 12.3. The highest BCUT2D eigenvalue weighted by Gasteiger charge is 2.11. The summed E-state index contributed by atoms with van der Waals surface area (Å²) >= 11 is 12.9. The summed E-state index contributed by atoms with van der Waals surface area (Å²) in [5.41, 5.74) is 4.69. The third kappa shape index (κ3) is 5.84. The van der Waals surface area contributed by atoms with Crippen LogP contribution in [0.15, 0.2) is 74.7 Å². The number of hydrazone groups is 1. The van der Waals surface area contributed by atoms with Gasteiger partial charge in [0.1, 0.15) is 18.1 Å². The smallest absolute Gasteiger partial charge is 0.275 e. The first-order chi connectivity index (χ1) is 14.5. The van der Waals surface area contributed by atoms with Crippen molar-refractivity contribution >= 4 is 55.6 Å². The molecule has 0 atom stereocenters. The maximum Gasteiger partial charge on any atom is 0.275 e. The van der Waals surface area contributed by atoms with Crippen LogP contribution in [-0.2, 0) is 6.61 Å². The van der Waals surface area contributed by atoms with Gasteiger partial charge in [-0.25, -0.2) is 5.43 Å². The Bertz CT molecular complexity index is 1050. The third-order valence-corrected chi connectivity index (χ3v) is 5.48. The number of para-hydroxylation sites is 1. The van der Waals surface area contributed by atoms with Gasteiger partial charge in [0.15, 0.2) is 0 Å². The van der Waals surface area contributed by atoms with Crippen LogP contribution in [0.2, 0.25) is 5.02 Å². The Morgan fingerprint density at radius 1 is 1.10 bits per heavy atom. The van der Waals surface area contributed by atoms with Gasteiger partial charge in [-0.2, -0.15) is 5.10 Å². The fourth-order valence-corrected chi connectivity index (χ4v) is 4.16. The molecule has 0 fully saturated rings. The number of carbonyl (C=O) groups is 1. The molecule has 0 spiro atoms. The molecule has 0 bridgehead atoms. The molecule has 3 aromatic rings. The number of rotatable bonds is 7. The number of nitrogens with one attached hydrogen (secondary N) is 1. The van der Waals surface area contributed by atoms with Crippen molar-refractivity contribution in [2.24, 2.45) is 5.10 Å². The van der Waals surface area contributed by atoms with Gasteiger partial charge in [-0.1, -0.05) is 35.9 Å². The Morgan fingerprint density at radius 2 is 1.77 bits per heavy atom. The molecule has 5 nitrogen and oxygen atoms in total. The fourth-order valence-electron chi connectivity index (χ4n) is 2.59. The van der Waals surface area contributed by atoms with E-state index in [1.54, 1.807) is 30.5 Å². The summed E-state index contributed by atoms with van der Waals surface area (Å²) in [5.74, 6) is 0.794. The van der Waals surface area contributed by atoms with Crippen molar-refractivity contribution in [2.75, 3.05) is 7.11 Å². The van der Waals surface area contributed by atoms with Gasteiger partial charge in [-0.3, -0.25) is 4.79 Å². The molecule has 3 rings (SSSR count). The number of methoxy groups -OCH3 is 1. The Balaban J connectivity index is 1.65. The molecule has 3 aromatic carbocycles. The van der Waals surface area contributed by atoms with Gasteiger partial charge in [0.25, 0.3) is 5.91 Å². The summed E-state index contributed by atoms with van der Waals surface area (Å²) in [7, 11) is 1.51. The Hall–Kier alpha value is -2.35. The van der Waals surface area contributed by atoms with E-state index in [0.29, 0.717) is 28.7 Å². The summed E-state index contributed by atoms with van der Waals surface area (Å²) in [4.78, 5) is 12.3. The molecule has 1 amide bonds. The minimum absolute atomic E-state index is 0.357. The minimum atomic E-state index is -0.357. The summed E-state index contributed by atoms with van der Waals surface area (Å²) in [6, 6.07) is 18.1. The lowest BCUT2D eigenvalue weighted by atomic mass is 10.2. The first-order valence-corrected chi connectivity index (χ1v) is 10.8. The molecular formula is C22H17Br2ClN2O3. The van der Waals surface area contributed by atoms with Gasteiger partial charge in [-0.15, -0.1) is 0 Å². The number of nitrogens with zero attached hydrogens (tertiary/aromatic N) is 1. The average molecular weight is 553 g/mol. The van der Waals surface area contributed by atoms with E-state index >= 15 is 0 Å². The van der Waals surface area contributed by atoms with Gasteiger partial charge in [0.2, 0.25) is 0 Å². The zero-order valence-electron chi connectivity index (χ0n) is 15.9. The van der Waals surface area contributed by atoms with Crippen molar-refractivity contribution < 1.29 is 14.3 Å². The highest BCUT2D eigenvalue weighted by Crippen LogP contribution is 2.35. The summed E-state index contributed by atoms with van der Waals surface area (Å²) < 4.78 is 12.6. The zero-order valence-corrected chi connectivity index (χ0v) is 19.8. The molecule has 1 N–H and O–H groups in total. The van der Waals surface area contributed by atoms with Crippen LogP contribution in [0, 0.1) is 0 Å². The van der Waals surface area contributed by atoms with Crippen LogP contribution in [0.5, 0.6) is 11.5 Å². The normalized spacial score (nSPS) is 10.8. The number of carbonyl (C=O) groups excluding carboxylic acids is 1. The summed E-state index contributed by atoms with van der Waals surface area (Å²) in [6.45, 7) is 0.400. The molecule has 0 radical (unpaired) electrons. The van der Waals surface area contributed by atoms with E-state index < -0.39 is 0 Å². The van der Waals surface area contributed by atoms with Crippen LogP contribution in [0.4, 0.5) is 0 Å². The number of hydrogen-bond acceptors (Lipinski definition) is 4. The van der Waals surface area contributed by atoms with E-state index in [9.17, 15) is 4.79 Å². The van der Waals surface area contributed by atoms with Crippen LogP contribution in [-0.4, -0.2) is 19.2 Å². The lowest BCUT2D eigenvalue weighted by Crippen LogP contribution is -2.18. The lowest BCUT2D eigenvalue weighted by molar-refractivity contribution is 0.0952. The molecule has 0 unspecified atom stereocenters. The van der Waals surface area contributed by atoms with Crippen molar-refractivity contribution in [3.8, 4) is 11.5 Å². The number of benzene rings is 3. The number of ether oxygens (including phenoxy) is 2. The van der Waals surface area contributed by atoms with Crippen molar-refractivity contribution in [2.45, 2.75) is 6.61 Å². The highest BCUT2D eigenvalue weighted by molar-refractivity contribution is 9.11. The molecule has 0 aliphatic rings. The first kappa shape index (κ1) is 22.3. The van der Waals surface area contributed by atoms with Gasteiger partial charge >= 0.3 is 0 Å². The van der Waals surface area contributed by atoms with Crippen LogP contribution >= 0.6 is 43.5 Å². The van der Waals surface area contributed by atoms with E-state index in [0.717, 1.165) is 20.1 Å². The summed E-state index contributed by atoms with van der Waals surface area (Å²) in [5, 5.41) is 4.71. The summed E-state index contributed by atoms with van der Waals surface area (Å²) in [6.07, 6.45) is 1.55. The second-order valence-corrected chi connectivity index (χ2v) is 8.27. The minimum Gasteiger partial charge on any atom is -0.496 e. The molecule has 0 aromatic heterocycles. The van der Waals surface area contributed by atoms with Crippen molar-refractivity contribution in [3.63, 3.8) is 0 Å². The monoisotopic (exact) mass is 550 g/mol. The molecule has 0 aliphatic heterocycles. The second kappa shape index (κ2) is 10.6. The molecule has 8 heteroatoms. The van der Waals surface area contributed by atoms with Crippen LogP contribution in [0.25, 0.3) is 0 Å². The van der Waals surface area contributed by atoms with E-state index in [-0.39, 0.29) is 5.91 Å². The van der Waals surface area contributed by atoms with Gasteiger partial charge < -0.3 is 9.47 Å². The lowest BCUT2D eigenvalue weighted by Gasteiger charge is -2.11. The van der Waals surface area contributed by atoms with Crippen LogP contribution < -0.4 is 14.9 Å². The standard InChI is InChI=1S/C22H17Br2ClN2O3/c1-29-20-5-3-2-4-17(20)22(28)27-26-12-15-10-18(23)21(19(24)11-15)30-13-14-6-8-16(25)9-7-14/h2-12H,13H2,1H3,(H,27,28)/b26-12-. The maximum absolute atomic E-state index is 12.3. The molecule has 0 heterocycles. The first-order valence-electron chi connectivity index (χ1n) is 8.80. The zero-order chi connectivity index (χ0) is 21.5. The van der Waals surface area contributed by atoms with Crippen molar-refractivity contribution in [1.29, 1.82) is 0 Å². The van der Waals surface area contributed by atoms with Crippen LogP contribution in [0.1, 0.15) is 21.5 Å². The van der Waals surface area contributed by atoms with E-state index in [4.69, 9.17) is 21.1 Å². The highest BCUT2D eigenvalue weighted by atomic mass is 79.9. The van der Waals surface area contributed by atoms with Gasteiger partial charge in [-0.05, 0) is 79.4 Å². The van der Waals surface area contributed by atoms with Crippen molar-refractivity contribution in [1.82, 2.24) is 5.43 Å². The van der Waals surface area contributed by atoms with Crippen LogP contribution in [0.3, 0.4) is 0 Å². The van der Waals surface area contributed by atoms with Gasteiger partial charge in [0.05, 0.1) is 27.8 Å². The largest absolute Gasteiger partial charge is 0.496 e. The quantitative estimate of drug-likeness (QED) is 0.280. The molecule has 30 heavy (non-hydrogen) atoms. The number of hydrogen-bond donors (Lipinski definition) is 1. The predicted molar refractivity (Wildman–Crippen MR) is 126 cm³/mol. The Labute approximate surface area is 196 Å². The average Bonchev–Trinajstić information content (AvgIpc) is 2.74. The Kier molecular flexibility index (Phi) is 7.90. The predicted octanol–water partition coefficient (Wildman–Crippen LogP) is 6.22. The molecule has 154 valence electrons. The molecule has 0 saturated heterocycles. The molecule has 0 saturated carbocycles. The molecule has 0 aliphatic carbocycles. The number of amides is 1. The SMILES string of the molecule is COc1ccccc1C(=O)N/N=C\c1cc(Br)c(OCc2ccc(Cl)cc2)c(Br)c1. The third-order valence-electron chi connectivity index (χ3n) is 4.05. The fraction of sp³-hybridized carbons (Fsp3) is 0.0909. The second-order valence-electron chi connectivity index (χ2n) is 6.13. The van der Waals surface area contributed by atoms with Crippen molar-refractivity contribution in [3.05, 3.63) is 91.3 Å². The molecular weight excluding hydrogens is 536 g/mol. The topological polar surface area (TPSA) is 59.9 Å². The van der Waals surface area contributed by atoms with E-state index in [1.165, 1.54) is 7.11 Å². The van der Waals surface area contributed by atoms with E-state index in [1.807, 2.05) is 36.4 Å². The van der Waals surface area contributed by atoms with E-state index in [2.05, 4.69) is 42.4 Å².